The molecule has 9 heteroatoms. The normalized spacial score (nSPS) is 11.6. The minimum atomic E-state index is -4.05. The third kappa shape index (κ3) is 3.33. The van der Waals surface area contributed by atoms with Crippen LogP contribution in [0.15, 0.2) is 29.3 Å². The molecule has 0 saturated heterocycles. The number of halogens is 3. The summed E-state index contributed by atoms with van der Waals surface area (Å²) in [4.78, 5) is -0.308. The van der Waals surface area contributed by atoms with E-state index in [0.29, 0.717) is 0 Å². The lowest BCUT2D eigenvalue weighted by Crippen LogP contribution is -1.98. The number of aromatic nitrogens is 2. The van der Waals surface area contributed by atoms with Gasteiger partial charge in [-0.05, 0) is 12.1 Å². The minimum absolute atomic E-state index is 0.0254. The molecule has 0 aliphatic heterocycles. The zero-order valence-electron chi connectivity index (χ0n) is 9.47. The highest BCUT2D eigenvalue weighted by Gasteiger charge is 2.22. The molecule has 0 N–H and O–H groups in total. The summed E-state index contributed by atoms with van der Waals surface area (Å²) >= 11 is 11.7. The molecule has 0 amide bonds. The van der Waals surface area contributed by atoms with Crippen molar-refractivity contribution in [1.82, 2.24) is 9.78 Å². The maximum Gasteiger partial charge on any atom is 0.265 e. The van der Waals surface area contributed by atoms with E-state index < -0.39 is 9.05 Å². The van der Waals surface area contributed by atoms with Gasteiger partial charge >= 0.3 is 0 Å². The van der Waals surface area contributed by atoms with Gasteiger partial charge in [0.15, 0.2) is 5.75 Å². The third-order valence-electron chi connectivity index (χ3n) is 2.13. The molecular formula is C10H7Cl3N2O3S. The molecule has 0 fully saturated rings. The lowest BCUT2D eigenvalue weighted by atomic mass is 10.3. The van der Waals surface area contributed by atoms with Gasteiger partial charge in [-0.15, -0.1) is 5.10 Å². The number of nitrogens with zero attached hydrogens (tertiary/aromatic N) is 2. The summed E-state index contributed by atoms with van der Waals surface area (Å²) in [6.07, 6.45) is 1.63. The molecular weight excluding hydrogens is 335 g/mol. The van der Waals surface area contributed by atoms with Crippen LogP contribution in [-0.2, 0) is 16.1 Å². The molecule has 0 radical (unpaired) electrons. The topological polar surface area (TPSA) is 61.2 Å². The van der Waals surface area contributed by atoms with Crippen molar-refractivity contribution in [2.24, 2.45) is 7.05 Å². The Hall–Kier alpha value is -0.950. The van der Waals surface area contributed by atoms with E-state index in [0.717, 1.165) is 6.07 Å². The van der Waals surface area contributed by atoms with E-state index in [9.17, 15) is 8.42 Å². The molecule has 0 saturated carbocycles. The fourth-order valence-corrected chi connectivity index (χ4v) is 3.01. The van der Waals surface area contributed by atoms with E-state index in [1.807, 2.05) is 0 Å². The van der Waals surface area contributed by atoms with E-state index in [1.54, 1.807) is 19.3 Å². The Labute approximate surface area is 124 Å². The summed E-state index contributed by atoms with van der Waals surface area (Å²) in [5.74, 6) is 0.0769. The van der Waals surface area contributed by atoms with Crippen LogP contribution in [0.1, 0.15) is 0 Å². The zero-order chi connectivity index (χ0) is 14.2. The Morgan fingerprint density at radius 2 is 2.00 bits per heavy atom. The van der Waals surface area contributed by atoms with Crippen molar-refractivity contribution in [3.8, 4) is 11.6 Å². The smallest absolute Gasteiger partial charge is 0.265 e. The number of ether oxygens (including phenoxy) is 1. The van der Waals surface area contributed by atoms with Crippen molar-refractivity contribution in [3.63, 3.8) is 0 Å². The second-order valence-electron chi connectivity index (χ2n) is 3.58. The first-order valence-electron chi connectivity index (χ1n) is 4.88. The molecule has 5 nitrogen and oxygen atoms in total. The zero-order valence-corrected chi connectivity index (χ0v) is 12.6. The number of hydrogen-bond donors (Lipinski definition) is 0. The van der Waals surface area contributed by atoms with Crippen LogP contribution in [0.25, 0.3) is 0 Å². The lowest BCUT2D eigenvalue weighted by Gasteiger charge is -2.09. The van der Waals surface area contributed by atoms with Crippen LogP contribution >= 0.6 is 33.9 Å². The molecule has 0 atom stereocenters. The Balaban J connectivity index is 2.55. The standard InChI is InChI=1S/C10H7Cl3N2O3S/c1-15-3-2-9(14-15)18-10-7(12)4-6(11)5-8(10)19(13,16)17/h2-5H,1H3. The minimum Gasteiger partial charge on any atom is -0.435 e. The van der Waals surface area contributed by atoms with Crippen LogP contribution in [0.5, 0.6) is 11.6 Å². The van der Waals surface area contributed by atoms with E-state index in [1.165, 1.54) is 10.7 Å². The highest BCUT2D eigenvalue weighted by molar-refractivity contribution is 8.13. The second kappa shape index (κ2) is 5.20. The van der Waals surface area contributed by atoms with E-state index in [-0.39, 0.29) is 26.6 Å². The first kappa shape index (κ1) is 14.5. The summed E-state index contributed by atoms with van der Waals surface area (Å²) in [5.41, 5.74) is 0. The average Bonchev–Trinajstić information content (AvgIpc) is 2.66. The maximum atomic E-state index is 11.5. The molecule has 0 bridgehead atoms. The summed E-state index contributed by atoms with van der Waals surface area (Å²) in [5, 5.41) is 4.12. The second-order valence-corrected chi connectivity index (χ2v) is 6.96. The largest absolute Gasteiger partial charge is 0.435 e. The fourth-order valence-electron chi connectivity index (χ4n) is 1.37. The van der Waals surface area contributed by atoms with Crippen LogP contribution in [0.2, 0.25) is 10.0 Å². The van der Waals surface area contributed by atoms with Crippen molar-refractivity contribution in [3.05, 3.63) is 34.4 Å². The Morgan fingerprint density at radius 1 is 1.32 bits per heavy atom. The van der Waals surface area contributed by atoms with Crippen LogP contribution in [0.4, 0.5) is 0 Å². The van der Waals surface area contributed by atoms with Crippen LogP contribution in [0, 0.1) is 0 Å². The molecule has 0 spiro atoms. The quantitative estimate of drug-likeness (QED) is 0.802. The molecule has 0 unspecified atom stereocenters. The van der Waals surface area contributed by atoms with Gasteiger partial charge in [0.2, 0.25) is 5.88 Å². The molecule has 2 rings (SSSR count). The van der Waals surface area contributed by atoms with Crippen LogP contribution in [0.3, 0.4) is 0 Å². The van der Waals surface area contributed by atoms with Gasteiger partial charge in [0.25, 0.3) is 9.05 Å². The molecule has 19 heavy (non-hydrogen) atoms. The van der Waals surface area contributed by atoms with Gasteiger partial charge in [-0.25, -0.2) is 8.42 Å². The van der Waals surface area contributed by atoms with Crippen molar-refractivity contribution < 1.29 is 13.2 Å². The van der Waals surface area contributed by atoms with Crippen LogP contribution < -0.4 is 4.74 Å². The van der Waals surface area contributed by atoms with Gasteiger partial charge in [-0.3, -0.25) is 4.68 Å². The Kier molecular flexibility index (Phi) is 3.96. The lowest BCUT2D eigenvalue weighted by molar-refractivity contribution is 0.442. The predicted molar refractivity (Wildman–Crippen MR) is 72.8 cm³/mol. The van der Waals surface area contributed by atoms with Gasteiger partial charge in [-0.2, -0.15) is 0 Å². The number of benzene rings is 1. The molecule has 1 aromatic heterocycles. The van der Waals surface area contributed by atoms with Gasteiger partial charge in [0.1, 0.15) is 4.90 Å². The SMILES string of the molecule is Cn1ccc(Oc2c(Cl)cc(Cl)cc2S(=O)(=O)Cl)n1. The molecule has 2 aromatic rings. The fraction of sp³-hybridized carbons (Fsp3) is 0.100. The van der Waals surface area contributed by atoms with Crippen molar-refractivity contribution in [2.45, 2.75) is 4.90 Å². The number of rotatable bonds is 3. The first-order valence-corrected chi connectivity index (χ1v) is 7.95. The number of hydrogen-bond acceptors (Lipinski definition) is 4. The third-order valence-corrected chi connectivity index (χ3v) is 3.96. The van der Waals surface area contributed by atoms with Crippen molar-refractivity contribution in [1.29, 1.82) is 0 Å². The van der Waals surface area contributed by atoms with Crippen molar-refractivity contribution >= 4 is 42.9 Å². The molecule has 0 aliphatic rings. The first-order chi connectivity index (χ1) is 8.77. The number of aryl methyl sites for hydroxylation is 1. The average molecular weight is 342 g/mol. The van der Waals surface area contributed by atoms with Gasteiger partial charge in [-0.1, -0.05) is 23.2 Å². The maximum absolute atomic E-state index is 11.5. The predicted octanol–water partition coefficient (Wildman–Crippen LogP) is 3.45. The van der Waals surface area contributed by atoms with Crippen LogP contribution in [-0.4, -0.2) is 18.2 Å². The molecule has 102 valence electrons. The van der Waals surface area contributed by atoms with E-state index in [4.69, 9.17) is 38.6 Å². The van der Waals surface area contributed by atoms with Gasteiger partial charge < -0.3 is 4.74 Å². The highest BCUT2D eigenvalue weighted by atomic mass is 35.7. The molecule has 0 aliphatic carbocycles. The highest BCUT2D eigenvalue weighted by Crippen LogP contribution is 2.39. The van der Waals surface area contributed by atoms with Crippen molar-refractivity contribution in [2.75, 3.05) is 0 Å². The van der Waals surface area contributed by atoms with Gasteiger partial charge in [0, 0.05) is 35.0 Å². The summed E-state index contributed by atoms with van der Waals surface area (Å²) in [6.45, 7) is 0. The molecule has 1 aromatic carbocycles. The summed E-state index contributed by atoms with van der Waals surface area (Å²) in [7, 11) is 2.97. The van der Waals surface area contributed by atoms with Gasteiger partial charge in [0.05, 0.1) is 5.02 Å². The summed E-state index contributed by atoms with van der Waals surface area (Å²) in [6, 6.07) is 4.07. The van der Waals surface area contributed by atoms with E-state index >= 15 is 0 Å². The Morgan fingerprint density at radius 3 is 2.53 bits per heavy atom. The Bertz CT molecular complexity index is 728. The monoisotopic (exact) mass is 340 g/mol. The molecule has 1 heterocycles. The van der Waals surface area contributed by atoms with E-state index in [2.05, 4.69) is 5.10 Å². The summed E-state index contributed by atoms with van der Waals surface area (Å²) < 4.78 is 29.8.